The molecule has 2 atom stereocenters. The average molecular weight is 527 g/mol. The van der Waals surface area contributed by atoms with E-state index in [-0.39, 0.29) is 28.8 Å². The molecule has 3 aliphatic carbocycles. The summed E-state index contributed by atoms with van der Waals surface area (Å²) >= 11 is 0. The maximum Gasteiger partial charge on any atom is 0.307 e. The number of hydrogen-bond donors (Lipinski definition) is 1. The summed E-state index contributed by atoms with van der Waals surface area (Å²) in [4.78, 5) is 42.5. The molecule has 8 rings (SSSR count). The zero-order chi connectivity index (χ0) is 27.6. The van der Waals surface area contributed by atoms with Crippen molar-refractivity contribution < 1.29 is 18.8 Å². The smallest absolute Gasteiger partial charge is 0.307 e. The van der Waals surface area contributed by atoms with Gasteiger partial charge in [0.05, 0.1) is 28.5 Å². The van der Waals surface area contributed by atoms with Crippen LogP contribution in [0.5, 0.6) is 0 Å². The summed E-state index contributed by atoms with van der Waals surface area (Å²) in [5, 5.41) is 14.1. The second-order valence-corrected chi connectivity index (χ2v) is 10.3. The number of aryl methyl sites for hydroxylation is 1. The van der Waals surface area contributed by atoms with Crippen molar-refractivity contribution >= 4 is 29.6 Å². The second-order valence-electron chi connectivity index (χ2n) is 10.3. The van der Waals surface area contributed by atoms with E-state index in [1.54, 1.807) is 49.5 Å². The molecule has 1 N–H and O–H groups in total. The number of benzene rings is 3. The molecule has 40 heavy (non-hydrogen) atoms. The van der Waals surface area contributed by atoms with Gasteiger partial charge in [0.2, 0.25) is 11.8 Å². The van der Waals surface area contributed by atoms with E-state index in [0.717, 1.165) is 22.3 Å². The highest BCUT2D eigenvalue weighted by Gasteiger charge is 2.68. The van der Waals surface area contributed by atoms with Gasteiger partial charge in [-0.15, -0.1) is 0 Å². The second kappa shape index (κ2) is 8.61. The van der Waals surface area contributed by atoms with Crippen LogP contribution >= 0.6 is 0 Å². The van der Waals surface area contributed by atoms with Gasteiger partial charge in [0, 0.05) is 12.1 Å². The summed E-state index contributed by atoms with van der Waals surface area (Å²) in [6.45, 7) is 1.74. The lowest BCUT2D eigenvalue weighted by atomic mass is 9.47. The summed E-state index contributed by atoms with van der Waals surface area (Å²) in [6, 6.07) is 27.5. The van der Waals surface area contributed by atoms with Crippen molar-refractivity contribution in [3.8, 4) is 6.07 Å². The number of carbonyl (C=O) groups excluding carboxylic acids is 3. The number of rotatable bonds is 4. The standard InChI is InChI=1S/C32H22N4O4/c1-18-14-15-25(40-18)29(37)35-34-17-32-22-11-5-3-9-20(22)26(21-10-4-6-12-23(21)32)27-28(32)31(39)36(30(27)38)24-13-7-2-8-19(24)16-33/h2-15,17,26-28H,1H3,(H,35,37)/b34-17-/t26?,27-,28+,32?/m1/s1. The minimum atomic E-state index is -1.14. The molecule has 1 aliphatic heterocycles. The highest BCUT2D eigenvalue weighted by Crippen LogP contribution is 2.63. The van der Waals surface area contributed by atoms with E-state index in [1.807, 2.05) is 48.5 Å². The number of para-hydroxylation sites is 1. The van der Waals surface area contributed by atoms with Crippen LogP contribution in [0, 0.1) is 30.1 Å². The van der Waals surface area contributed by atoms with Crippen LogP contribution in [0.1, 0.15) is 50.1 Å². The third-order valence-corrected chi connectivity index (χ3v) is 8.35. The molecule has 194 valence electrons. The van der Waals surface area contributed by atoms with E-state index >= 15 is 0 Å². The molecule has 8 nitrogen and oxygen atoms in total. The molecule has 1 saturated heterocycles. The SMILES string of the molecule is Cc1ccc(C(=O)N/N=C\C23c4ccccc4C(c4ccccc42)[C@H]2C(=O)N(c4ccccc4C#N)C(=O)[C@H]23)o1. The van der Waals surface area contributed by atoms with Crippen molar-refractivity contribution in [2.45, 2.75) is 18.3 Å². The molecule has 1 aromatic heterocycles. The Hall–Kier alpha value is -5.29. The van der Waals surface area contributed by atoms with E-state index in [0.29, 0.717) is 5.76 Å². The Labute approximate surface area is 229 Å². The van der Waals surface area contributed by atoms with E-state index < -0.39 is 29.1 Å². The van der Waals surface area contributed by atoms with Gasteiger partial charge in [-0.1, -0.05) is 60.7 Å². The summed E-state index contributed by atoms with van der Waals surface area (Å²) in [6.07, 6.45) is 1.59. The Balaban J connectivity index is 1.43. The number of hydrogen-bond acceptors (Lipinski definition) is 6. The van der Waals surface area contributed by atoms with Crippen molar-refractivity contribution in [2.24, 2.45) is 16.9 Å². The van der Waals surface area contributed by atoms with Crippen LogP contribution in [0.25, 0.3) is 0 Å². The Morgan fingerprint density at radius 1 is 0.950 bits per heavy atom. The predicted molar refractivity (Wildman–Crippen MR) is 146 cm³/mol. The Morgan fingerprint density at radius 3 is 2.25 bits per heavy atom. The van der Waals surface area contributed by atoms with Crippen molar-refractivity contribution in [2.75, 3.05) is 4.90 Å². The quantitative estimate of drug-likeness (QED) is 0.240. The van der Waals surface area contributed by atoms with Crippen molar-refractivity contribution in [3.63, 3.8) is 0 Å². The number of amides is 3. The van der Waals surface area contributed by atoms with E-state index in [4.69, 9.17) is 4.42 Å². The van der Waals surface area contributed by atoms with E-state index in [2.05, 4.69) is 16.6 Å². The fourth-order valence-electron chi connectivity index (χ4n) is 6.85. The van der Waals surface area contributed by atoms with Gasteiger partial charge < -0.3 is 4.42 Å². The van der Waals surface area contributed by atoms with Crippen LogP contribution in [0.2, 0.25) is 0 Å². The number of furan rings is 1. The summed E-state index contributed by atoms with van der Waals surface area (Å²) in [5.41, 5.74) is 5.54. The molecular weight excluding hydrogens is 504 g/mol. The molecule has 4 aliphatic rings. The molecule has 4 aromatic rings. The zero-order valence-electron chi connectivity index (χ0n) is 21.4. The fraction of sp³-hybridized carbons (Fsp3) is 0.156. The Kier molecular flexibility index (Phi) is 5.12. The summed E-state index contributed by atoms with van der Waals surface area (Å²) < 4.78 is 5.43. The van der Waals surface area contributed by atoms with E-state index in [1.165, 1.54) is 4.90 Å². The number of anilines is 1. The fourth-order valence-corrected chi connectivity index (χ4v) is 6.85. The van der Waals surface area contributed by atoms with Crippen molar-refractivity contribution in [3.05, 3.63) is 124 Å². The first-order valence-electron chi connectivity index (χ1n) is 12.9. The van der Waals surface area contributed by atoms with E-state index in [9.17, 15) is 19.6 Å². The topological polar surface area (TPSA) is 116 Å². The van der Waals surface area contributed by atoms with Gasteiger partial charge in [0.1, 0.15) is 11.8 Å². The predicted octanol–water partition coefficient (Wildman–Crippen LogP) is 4.43. The third kappa shape index (κ3) is 3.06. The van der Waals surface area contributed by atoms with Gasteiger partial charge in [-0.25, -0.2) is 10.3 Å². The molecule has 2 heterocycles. The highest BCUT2D eigenvalue weighted by atomic mass is 16.3. The first-order valence-corrected chi connectivity index (χ1v) is 12.9. The average Bonchev–Trinajstić information content (AvgIpc) is 3.54. The monoisotopic (exact) mass is 526 g/mol. The van der Waals surface area contributed by atoms with Gasteiger partial charge >= 0.3 is 5.91 Å². The van der Waals surface area contributed by atoms with Gasteiger partial charge in [-0.2, -0.15) is 10.4 Å². The lowest BCUT2D eigenvalue weighted by Gasteiger charge is -2.52. The third-order valence-electron chi connectivity index (χ3n) is 8.35. The van der Waals surface area contributed by atoms with Crippen molar-refractivity contribution in [1.29, 1.82) is 5.26 Å². The van der Waals surface area contributed by atoms with Gasteiger partial charge in [0.25, 0.3) is 0 Å². The number of nitrogens with zero attached hydrogens (tertiary/aromatic N) is 3. The molecule has 3 amide bonds. The van der Waals surface area contributed by atoms with Crippen LogP contribution in [-0.4, -0.2) is 23.9 Å². The number of nitriles is 1. The summed E-state index contributed by atoms with van der Waals surface area (Å²) in [5.74, 6) is -2.44. The Morgan fingerprint density at radius 2 is 1.60 bits per heavy atom. The molecule has 0 saturated carbocycles. The molecule has 2 bridgehead atoms. The normalized spacial score (nSPS) is 24.0. The minimum absolute atomic E-state index is 0.115. The number of carbonyl (C=O) groups is 3. The molecule has 0 spiro atoms. The Bertz CT molecular complexity index is 1770. The number of imide groups is 1. The first-order chi connectivity index (χ1) is 19.5. The minimum Gasteiger partial charge on any atom is -0.456 e. The first kappa shape index (κ1) is 23.8. The molecule has 3 aromatic carbocycles. The van der Waals surface area contributed by atoms with Gasteiger partial charge in [-0.05, 0) is 53.4 Å². The molecule has 8 heteroatoms. The summed E-state index contributed by atoms with van der Waals surface area (Å²) in [7, 11) is 0. The van der Waals surface area contributed by atoms with Crippen LogP contribution in [0.4, 0.5) is 5.69 Å². The largest absolute Gasteiger partial charge is 0.456 e. The lowest BCUT2D eigenvalue weighted by molar-refractivity contribution is -0.122. The van der Waals surface area contributed by atoms with Gasteiger partial charge in [0.15, 0.2) is 5.76 Å². The molecular formula is C32H22N4O4. The van der Waals surface area contributed by atoms with Crippen LogP contribution < -0.4 is 10.3 Å². The maximum absolute atomic E-state index is 14.4. The molecule has 0 radical (unpaired) electrons. The maximum atomic E-state index is 14.4. The van der Waals surface area contributed by atoms with Crippen LogP contribution in [0.3, 0.4) is 0 Å². The number of nitrogens with one attached hydrogen (secondary N) is 1. The number of hydrazone groups is 1. The van der Waals surface area contributed by atoms with Gasteiger partial charge in [-0.3, -0.25) is 14.4 Å². The zero-order valence-corrected chi connectivity index (χ0v) is 21.4. The highest BCUT2D eigenvalue weighted by molar-refractivity contribution is 6.25. The van der Waals surface area contributed by atoms with Crippen LogP contribution in [-0.2, 0) is 15.0 Å². The molecule has 1 fully saturated rings. The lowest BCUT2D eigenvalue weighted by Crippen LogP contribution is -2.54. The molecule has 0 unspecified atom stereocenters. The van der Waals surface area contributed by atoms with Crippen LogP contribution in [0.15, 0.2) is 94.4 Å². The van der Waals surface area contributed by atoms with Crippen molar-refractivity contribution in [1.82, 2.24) is 5.43 Å².